The van der Waals surface area contributed by atoms with Gasteiger partial charge in [-0.3, -0.25) is 24.8 Å². The largest absolute Gasteiger partial charge is 0.353 e. The van der Waals surface area contributed by atoms with Crippen LogP contribution in [0, 0.1) is 0 Å². The standard InChI is InChI=1S/C17H23N5O3/c23-15(11-22-12-16(24)20-17(22)25)19-10-14(13-5-4-6-18-9-13)21-7-2-1-3-8-21/h4-6,9,14H,1-3,7-8,10-12H2,(H,19,23)(H,20,24,25)/t14-/m1/s1. The van der Waals surface area contributed by atoms with Crippen molar-refractivity contribution in [1.82, 2.24) is 25.4 Å². The van der Waals surface area contributed by atoms with Gasteiger partial charge in [0.2, 0.25) is 11.8 Å². The van der Waals surface area contributed by atoms with Gasteiger partial charge in [-0.25, -0.2) is 4.79 Å². The summed E-state index contributed by atoms with van der Waals surface area (Å²) in [6.45, 7) is 2.27. The number of nitrogens with zero attached hydrogens (tertiary/aromatic N) is 3. The van der Waals surface area contributed by atoms with Crippen LogP contribution in [0.25, 0.3) is 0 Å². The third-order valence-corrected chi connectivity index (χ3v) is 4.60. The minimum Gasteiger partial charge on any atom is -0.353 e. The lowest BCUT2D eigenvalue weighted by Gasteiger charge is -2.35. The summed E-state index contributed by atoms with van der Waals surface area (Å²) < 4.78 is 0. The first-order valence-electron chi connectivity index (χ1n) is 8.63. The summed E-state index contributed by atoms with van der Waals surface area (Å²) >= 11 is 0. The van der Waals surface area contributed by atoms with Crippen molar-refractivity contribution in [1.29, 1.82) is 0 Å². The average molecular weight is 345 g/mol. The number of aromatic nitrogens is 1. The highest BCUT2D eigenvalue weighted by atomic mass is 16.2. The molecule has 0 bridgehead atoms. The Morgan fingerprint density at radius 3 is 2.72 bits per heavy atom. The van der Waals surface area contributed by atoms with E-state index in [9.17, 15) is 14.4 Å². The van der Waals surface area contributed by atoms with Crippen molar-refractivity contribution >= 4 is 17.8 Å². The molecule has 2 fully saturated rings. The van der Waals surface area contributed by atoms with Gasteiger partial charge in [0.25, 0.3) is 0 Å². The minimum absolute atomic E-state index is 0.0620. The molecule has 25 heavy (non-hydrogen) atoms. The van der Waals surface area contributed by atoms with Crippen LogP contribution in [0.15, 0.2) is 24.5 Å². The van der Waals surface area contributed by atoms with Gasteiger partial charge in [0.05, 0.1) is 6.04 Å². The molecule has 0 spiro atoms. The lowest BCUT2D eigenvalue weighted by atomic mass is 10.0. The number of hydrogen-bond donors (Lipinski definition) is 2. The molecule has 1 aromatic heterocycles. The Hall–Kier alpha value is -2.48. The monoisotopic (exact) mass is 345 g/mol. The molecule has 1 aromatic rings. The molecule has 8 nitrogen and oxygen atoms in total. The van der Waals surface area contributed by atoms with E-state index in [1.54, 1.807) is 6.20 Å². The zero-order valence-electron chi connectivity index (χ0n) is 14.1. The van der Waals surface area contributed by atoms with Crippen molar-refractivity contribution in [3.63, 3.8) is 0 Å². The molecule has 2 saturated heterocycles. The molecular formula is C17H23N5O3. The molecular weight excluding hydrogens is 322 g/mol. The molecule has 2 aliphatic heterocycles. The quantitative estimate of drug-likeness (QED) is 0.722. The normalized spacial score (nSPS) is 19.6. The number of piperidine rings is 1. The number of urea groups is 1. The van der Waals surface area contributed by atoms with Gasteiger partial charge in [-0.05, 0) is 37.6 Å². The number of amides is 4. The minimum atomic E-state index is -0.514. The molecule has 3 rings (SSSR count). The molecule has 8 heteroatoms. The van der Waals surface area contributed by atoms with Gasteiger partial charge in [0, 0.05) is 18.9 Å². The number of pyridine rings is 1. The number of imide groups is 1. The predicted octanol–water partition coefficient (Wildman–Crippen LogP) is 0.277. The second-order valence-electron chi connectivity index (χ2n) is 6.41. The average Bonchev–Trinajstić information content (AvgIpc) is 2.94. The number of rotatable bonds is 6. The first kappa shape index (κ1) is 17.3. The van der Waals surface area contributed by atoms with Crippen molar-refractivity contribution in [2.24, 2.45) is 0 Å². The van der Waals surface area contributed by atoms with Crippen molar-refractivity contribution in [3.8, 4) is 0 Å². The molecule has 0 aliphatic carbocycles. The summed E-state index contributed by atoms with van der Waals surface area (Å²) in [5, 5.41) is 5.07. The Balaban J connectivity index is 1.59. The van der Waals surface area contributed by atoms with E-state index in [0.717, 1.165) is 31.5 Å². The summed E-state index contributed by atoms with van der Waals surface area (Å²) in [4.78, 5) is 42.7. The molecule has 4 amide bonds. The number of likely N-dealkylation sites (tertiary alicyclic amines) is 1. The lowest BCUT2D eigenvalue weighted by molar-refractivity contribution is -0.122. The number of carbonyl (C=O) groups excluding carboxylic acids is 3. The third kappa shape index (κ3) is 4.54. The molecule has 1 atom stereocenters. The van der Waals surface area contributed by atoms with Gasteiger partial charge in [0.15, 0.2) is 0 Å². The third-order valence-electron chi connectivity index (χ3n) is 4.60. The Bertz CT molecular complexity index is 630. The lowest BCUT2D eigenvalue weighted by Crippen LogP contribution is -2.44. The number of carbonyl (C=O) groups is 3. The van der Waals surface area contributed by atoms with E-state index in [2.05, 4.69) is 20.5 Å². The molecule has 0 saturated carbocycles. The summed E-state index contributed by atoms with van der Waals surface area (Å²) in [5.41, 5.74) is 1.07. The Morgan fingerprint density at radius 1 is 1.28 bits per heavy atom. The maximum atomic E-state index is 12.2. The molecule has 134 valence electrons. The van der Waals surface area contributed by atoms with Crippen LogP contribution < -0.4 is 10.6 Å². The Kier molecular flexibility index (Phi) is 5.60. The molecule has 0 unspecified atom stereocenters. The maximum absolute atomic E-state index is 12.2. The van der Waals surface area contributed by atoms with Crippen molar-refractivity contribution in [3.05, 3.63) is 30.1 Å². The van der Waals surface area contributed by atoms with Crippen LogP contribution in [-0.2, 0) is 9.59 Å². The van der Waals surface area contributed by atoms with Crippen LogP contribution in [0.1, 0.15) is 30.9 Å². The summed E-state index contributed by atoms with van der Waals surface area (Å²) in [6, 6.07) is 3.46. The second-order valence-corrected chi connectivity index (χ2v) is 6.41. The SMILES string of the molecule is O=C(CN1CC(=O)NC1=O)NC[C@H](c1cccnc1)N1CCCCC1. The van der Waals surface area contributed by atoms with E-state index in [-0.39, 0.29) is 30.9 Å². The molecule has 3 heterocycles. The zero-order valence-corrected chi connectivity index (χ0v) is 14.1. The fraction of sp³-hybridized carbons (Fsp3) is 0.529. The van der Waals surface area contributed by atoms with E-state index >= 15 is 0 Å². The summed E-state index contributed by atoms with van der Waals surface area (Å²) in [5.74, 6) is -0.643. The van der Waals surface area contributed by atoms with Gasteiger partial charge in [-0.1, -0.05) is 12.5 Å². The Labute approximate surface area is 146 Å². The second kappa shape index (κ2) is 8.06. The van der Waals surface area contributed by atoms with Crippen molar-refractivity contribution in [2.45, 2.75) is 25.3 Å². The highest BCUT2D eigenvalue weighted by Crippen LogP contribution is 2.23. The van der Waals surface area contributed by atoms with E-state index in [1.165, 1.54) is 11.3 Å². The predicted molar refractivity (Wildman–Crippen MR) is 90.5 cm³/mol. The number of hydrogen-bond acceptors (Lipinski definition) is 5. The zero-order chi connectivity index (χ0) is 17.6. The number of nitrogens with one attached hydrogen (secondary N) is 2. The van der Waals surface area contributed by atoms with E-state index < -0.39 is 6.03 Å². The summed E-state index contributed by atoms with van der Waals surface area (Å²) in [7, 11) is 0. The molecule has 0 aromatic carbocycles. The van der Waals surface area contributed by atoms with E-state index in [0.29, 0.717) is 6.54 Å². The van der Waals surface area contributed by atoms with Gasteiger partial charge in [0.1, 0.15) is 13.1 Å². The van der Waals surface area contributed by atoms with Crippen LogP contribution >= 0.6 is 0 Å². The first-order chi connectivity index (χ1) is 12.1. The van der Waals surface area contributed by atoms with Crippen molar-refractivity contribution < 1.29 is 14.4 Å². The molecule has 2 aliphatic rings. The van der Waals surface area contributed by atoms with Crippen LogP contribution in [-0.4, -0.2) is 65.4 Å². The highest BCUT2D eigenvalue weighted by molar-refractivity contribution is 6.03. The van der Waals surface area contributed by atoms with Gasteiger partial charge < -0.3 is 10.2 Å². The molecule has 2 N–H and O–H groups in total. The van der Waals surface area contributed by atoms with E-state index in [1.807, 2.05) is 18.3 Å². The van der Waals surface area contributed by atoms with Crippen LogP contribution in [0.3, 0.4) is 0 Å². The molecule has 0 radical (unpaired) electrons. The van der Waals surface area contributed by atoms with Crippen LogP contribution in [0.5, 0.6) is 0 Å². The maximum Gasteiger partial charge on any atom is 0.325 e. The summed E-state index contributed by atoms with van der Waals surface area (Å²) in [6.07, 6.45) is 7.11. The van der Waals surface area contributed by atoms with Crippen LogP contribution in [0.2, 0.25) is 0 Å². The fourth-order valence-corrected chi connectivity index (χ4v) is 3.31. The fourth-order valence-electron chi connectivity index (χ4n) is 3.31. The smallest absolute Gasteiger partial charge is 0.325 e. The highest BCUT2D eigenvalue weighted by Gasteiger charge is 2.29. The van der Waals surface area contributed by atoms with Crippen LogP contribution in [0.4, 0.5) is 4.79 Å². The van der Waals surface area contributed by atoms with Gasteiger partial charge >= 0.3 is 6.03 Å². The Morgan fingerprint density at radius 2 is 2.08 bits per heavy atom. The van der Waals surface area contributed by atoms with Gasteiger partial charge in [-0.2, -0.15) is 0 Å². The van der Waals surface area contributed by atoms with Gasteiger partial charge in [-0.15, -0.1) is 0 Å². The topological polar surface area (TPSA) is 94.6 Å². The van der Waals surface area contributed by atoms with E-state index in [4.69, 9.17) is 0 Å². The van der Waals surface area contributed by atoms with Crippen molar-refractivity contribution in [2.75, 3.05) is 32.7 Å². The first-order valence-corrected chi connectivity index (χ1v) is 8.63.